The summed E-state index contributed by atoms with van der Waals surface area (Å²) in [5.41, 5.74) is 1.29. The van der Waals surface area contributed by atoms with E-state index in [9.17, 15) is 0 Å². The highest BCUT2D eigenvalue weighted by atomic mass is 16.5. The third-order valence-corrected chi connectivity index (χ3v) is 3.53. The third-order valence-electron chi connectivity index (χ3n) is 3.53. The zero-order valence-corrected chi connectivity index (χ0v) is 13.0. The molecule has 0 spiro atoms. The van der Waals surface area contributed by atoms with Crippen LogP contribution in [0.1, 0.15) is 31.9 Å². The number of ether oxygens (including phenoxy) is 1. The van der Waals surface area contributed by atoms with Gasteiger partial charge in [-0.1, -0.05) is 13.8 Å². The van der Waals surface area contributed by atoms with Gasteiger partial charge in [0.05, 0.1) is 12.3 Å². The van der Waals surface area contributed by atoms with Crippen LogP contribution < -0.4 is 5.32 Å². The van der Waals surface area contributed by atoms with E-state index in [0.29, 0.717) is 5.92 Å². The molecule has 1 N–H and O–H groups in total. The van der Waals surface area contributed by atoms with Crippen molar-refractivity contribution in [2.75, 3.05) is 45.7 Å². The molecule has 0 aliphatic carbocycles. The second-order valence-corrected chi connectivity index (χ2v) is 6.64. The van der Waals surface area contributed by atoms with E-state index in [0.717, 1.165) is 44.2 Å². The minimum Gasteiger partial charge on any atom is -0.381 e. The smallest absolute Gasteiger partial charge is 0.129 e. The SMILES string of the molecule is CN(C)CC(C)(C)CNc1cc([C@@H]2CCOC2)ncn1. The summed E-state index contributed by atoms with van der Waals surface area (Å²) in [4.78, 5) is 10.9. The molecule has 112 valence electrons. The Hall–Kier alpha value is -1.20. The lowest BCUT2D eigenvalue weighted by Gasteiger charge is -2.28. The average molecular weight is 278 g/mol. The van der Waals surface area contributed by atoms with E-state index >= 15 is 0 Å². The summed E-state index contributed by atoms with van der Waals surface area (Å²) in [5, 5.41) is 3.44. The summed E-state index contributed by atoms with van der Waals surface area (Å²) in [6, 6.07) is 2.06. The third kappa shape index (κ3) is 4.42. The Morgan fingerprint density at radius 2 is 2.20 bits per heavy atom. The van der Waals surface area contributed by atoms with Gasteiger partial charge in [0.25, 0.3) is 0 Å². The van der Waals surface area contributed by atoms with E-state index in [-0.39, 0.29) is 5.41 Å². The van der Waals surface area contributed by atoms with E-state index in [1.165, 1.54) is 0 Å². The number of anilines is 1. The molecule has 1 aliphatic heterocycles. The second-order valence-electron chi connectivity index (χ2n) is 6.64. The van der Waals surface area contributed by atoms with E-state index in [1.54, 1.807) is 6.33 Å². The fourth-order valence-corrected chi connectivity index (χ4v) is 2.70. The van der Waals surface area contributed by atoms with Crippen LogP contribution in [0.4, 0.5) is 5.82 Å². The van der Waals surface area contributed by atoms with Gasteiger partial charge in [0.1, 0.15) is 12.1 Å². The van der Waals surface area contributed by atoms with Gasteiger partial charge >= 0.3 is 0 Å². The van der Waals surface area contributed by atoms with Gasteiger partial charge in [-0.15, -0.1) is 0 Å². The first-order valence-corrected chi connectivity index (χ1v) is 7.24. The Balaban J connectivity index is 1.94. The summed E-state index contributed by atoms with van der Waals surface area (Å²) in [7, 11) is 4.20. The number of hydrogen-bond acceptors (Lipinski definition) is 5. The maximum Gasteiger partial charge on any atom is 0.129 e. The molecule has 1 fully saturated rings. The summed E-state index contributed by atoms with van der Waals surface area (Å²) >= 11 is 0. The molecule has 1 saturated heterocycles. The van der Waals surface area contributed by atoms with Gasteiger partial charge < -0.3 is 15.0 Å². The van der Waals surface area contributed by atoms with Gasteiger partial charge in [-0.2, -0.15) is 0 Å². The van der Waals surface area contributed by atoms with Crippen molar-refractivity contribution >= 4 is 5.82 Å². The molecule has 1 aromatic rings. The van der Waals surface area contributed by atoms with Crippen molar-refractivity contribution in [2.45, 2.75) is 26.2 Å². The highest BCUT2D eigenvalue weighted by Gasteiger charge is 2.21. The Morgan fingerprint density at radius 1 is 1.40 bits per heavy atom. The molecule has 0 radical (unpaired) electrons. The van der Waals surface area contributed by atoms with Crippen molar-refractivity contribution in [2.24, 2.45) is 5.41 Å². The molecule has 0 amide bonds. The van der Waals surface area contributed by atoms with E-state index < -0.39 is 0 Å². The molecular formula is C15H26N4O. The van der Waals surface area contributed by atoms with Crippen LogP contribution in [0.3, 0.4) is 0 Å². The van der Waals surface area contributed by atoms with Crippen molar-refractivity contribution in [1.82, 2.24) is 14.9 Å². The topological polar surface area (TPSA) is 50.3 Å². The first kappa shape index (κ1) is 15.2. The second kappa shape index (κ2) is 6.50. The summed E-state index contributed by atoms with van der Waals surface area (Å²) in [5.74, 6) is 1.34. The van der Waals surface area contributed by atoms with Gasteiger partial charge in [0.15, 0.2) is 0 Å². The summed E-state index contributed by atoms with van der Waals surface area (Å²) in [6.07, 6.45) is 2.71. The van der Waals surface area contributed by atoms with Crippen LogP contribution in [0.2, 0.25) is 0 Å². The Bertz CT molecular complexity index is 428. The molecule has 5 nitrogen and oxygen atoms in total. The minimum atomic E-state index is 0.199. The fourth-order valence-electron chi connectivity index (χ4n) is 2.70. The van der Waals surface area contributed by atoms with Crippen molar-refractivity contribution in [3.05, 3.63) is 18.1 Å². The highest BCUT2D eigenvalue weighted by Crippen LogP contribution is 2.24. The van der Waals surface area contributed by atoms with E-state index in [2.05, 4.69) is 54.2 Å². The van der Waals surface area contributed by atoms with Gasteiger partial charge in [-0.3, -0.25) is 0 Å². The largest absolute Gasteiger partial charge is 0.381 e. The van der Waals surface area contributed by atoms with Crippen LogP contribution in [0.15, 0.2) is 12.4 Å². The predicted octanol–water partition coefficient (Wildman–Crippen LogP) is 1.98. The number of hydrogen-bond donors (Lipinski definition) is 1. The standard InChI is InChI=1S/C15H26N4O/c1-15(2,10-19(3)4)9-16-14-7-13(17-11-18-14)12-5-6-20-8-12/h7,11-12H,5-6,8-10H2,1-4H3,(H,16,17,18)/t12-/m1/s1. The van der Waals surface area contributed by atoms with Crippen molar-refractivity contribution in [3.8, 4) is 0 Å². The fraction of sp³-hybridized carbons (Fsp3) is 0.733. The Labute approximate surface area is 121 Å². The number of nitrogens with zero attached hydrogens (tertiary/aromatic N) is 3. The lowest BCUT2D eigenvalue weighted by Crippen LogP contribution is -2.34. The summed E-state index contributed by atoms with van der Waals surface area (Å²) < 4.78 is 5.42. The molecule has 1 atom stereocenters. The molecule has 5 heteroatoms. The minimum absolute atomic E-state index is 0.199. The lowest BCUT2D eigenvalue weighted by molar-refractivity contribution is 0.193. The van der Waals surface area contributed by atoms with Crippen LogP contribution in [0.25, 0.3) is 0 Å². The van der Waals surface area contributed by atoms with Gasteiger partial charge in [0.2, 0.25) is 0 Å². The maximum atomic E-state index is 5.42. The van der Waals surface area contributed by atoms with Crippen LogP contribution in [0, 0.1) is 5.41 Å². The van der Waals surface area contributed by atoms with Crippen molar-refractivity contribution < 1.29 is 4.74 Å². The number of nitrogens with one attached hydrogen (secondary N) is 1. The summed E-state index contributed by atoms with van der Waals surface area (Å²) in [6.45, 7) is 8.06. The number of aromatic nitrogens is 2. The predicted molar refractivity (Wildman–Crippen MR) is 81.0 cm³/mol. The average Bonchev–Trinajstić information content (AvgIpc) is 2.89. The molecule has 0 unspecified atom stereocenters. The molecule has 20 heavy (non-hydrogen) atoms. The van der Waals surface area contributed by atoms with Gasteiger partial charge in [-0.25, -0.2) is 9.97 Å². The van der Waals surface area contributed by atoms with E-state index in [4.69, 9.17) is 4.74 Å². The molecule has 0 aromatic carbocycles. The molecule has 0 bridgehead atoms. The molecule has 2 heterocycles. The van der Waals surface area contributed by atoms with Gasteiger partial charge in [0, 0.05) is 31.7 Å². The number of rotatable bonds is 6. The monoisotopic (exact) mass is 278 g/mol. The molecule has 0 saturated carbocycles. The normalized spacial score (nSPS) is 19.6. The first-order chi connectivity index (χ1) is 9.46. The molecule has 2 rings (SSSR count). The Morgan fingerprint density at radius 3 is 2.85 bits per heavy atom. The quantitative estimate of drug-likeness (QED) is 0.862. The lowest BCUT2D eigenvalue weighted by atomic mass is 9.93. The maximum absolute atomic E-state index is 5.42. The Kier molecular flexibility index (Phi) is 4.94. The van der Waals surface area contributed by atoms with E-state index in [1.807, 2.05) is 0 Å². The van der Waals surface area contributed by atoms with Crippen LogP contribution in [-0.2, 0) is 4.74 Å². The van der Waals surface area contributed by atoms with Crippen LogP contribution in [-0.4, -0.2) is 55.3 Å². The van der Waals surface area contributed by atoms with Crippen LogP contribution >= 0.6 is 0 Å². The highest BCUT2D eigenvalue weighted by molar-refractivity contribution is 5.36. The molecule has 1 aromatic heterocycles. The molecule has 1 aliphatic rings. The first-order valence-electron chi connectivity index (χ1n) is 7.24. The zero-order chi connectivity index (χ0) is 14.6. The van der Waals surface area contributed by atoms with Gasteiger partial charge in [-0.05, 0) is 25.9 Å². The molecular weight excluding hydrogens is 252 g/mol. The van der Waals surface area contributed by atoms with Crippen molar-refractivity contribution in [3.63, 3.8) is 0 Å². The van der Waals surface area contributed by atoms with Crippen molar-refractivity contribution in [1.29, 1.82) is 0 Å². The zero-order valence-electron chi connectivity index (χ0n) is 13.0. The van der Waals surface area contributed by atoms with Crippen LogP contribution in [0.5, 0.6) is 0 Å².